The van der Waals surface area contributed by atoms with E-state index in [4.69, 9.17) is 5.73 Å². The summed E-state index contributed by atoms with van der Waals surface area (Å²) in [6.07, 6.45) is -1.35. The normalized spacial score (nSPS) is 12.6. The Balaban J connectivity index is 2.21. The lowest BCUT2D eigenvalue weighted by atomic mass is 10.2. The van der Waals surface area contributed by atoms with Gasteiger partial charge in [-0.25, -0.2) is 12.4 Å². The Morgan fingerprint density at radius 2 is 1.92 bits per heavy atom. The van der Waals surface area contributed by atoms with Crippen molar-refractivity contribution in [2.45, 2.75) is 17.5 Å². The smallest absolute Gasteiger partial charge is 0.330 e. The summed E-state index contributed by atoms with van der Waals surface area (Å²) < 4.78 is 65.4. The summed E-state index contributed by atoms with van der Waals surface area (Å²) in [5, 5.41) is 0. The molecule has 0 bridgehead atoms. The van der Waals surface area contributed by atoms with Crippen LogP contribution in [0.4, 0.5) is 13.2 Å². The summed E-state index contributed by atoms with van der Waals surface area (Å²) in [7, 11) is -4.21. The van der Waals surface area contributed by atoms with Crippen molar-refractivity contribution < 1.29 is 21.6 Å². The summed E-state index contributed by atoms with van der Waals surface area (Å²) in [6, 6.07) is 6.77. The van der Waals surface area contributed by atoms with Gasteiger partial charge < -0.3 is 5.73 Å². The van der Waals surface area contributed by atoms with Gasteiger partial charge in [-0.2, -0.15) is 13.2 Å². The van der Waals surface area contributed by atoms with E-state index in [2.05, 4.69) is 4.98 Å². The van der Waals surface area contributed by atoms with Gasteiger partial charge in [-0.15, -0.1) is 0 Å². The maximum Gasteiger partial charge on any atom is 0.416 e. The molecule has 5 nitrogen and oxygen atoms in total. The molecule has 0 spiro atoms. The van der Waals surface area contributed by atoms with Crippen LogP contribution in [0, 0.1) is 0 Å². The fraction of sp³-hybridized carbons (Fsp3) is 0.188. The third kappa shape index (κ3) is 3.12. The molecule has 0 radical (unpaired) electrons. The topological polar surface area (TPSA) is 78.0 Å². The van der Waals surface area contributed by atoms with Gasteiger partial charge in [0, 0.05) is 12.4 Å². The molecular formula is C16H14F3N3O2S. The van der Waals surface area contributed by atoms with Gasteiger partial charge in [0.25, 0.3) is 10.0 Å². The summed E-state index contributed by atoms with van der Waals surface area (Å²) in [6.45, 7) is 0.291. The van der Waals surface area contributed by atoms with Gasteiger partial charge in [0.15, 0.2) is 0 Å². The van der Waals surface area contributed by atoms with Crippen LogP contribution in [0.15, 0.2) is 53.7 Å². The summed E-state index contributed by atoms with van der Waals surface area (Å²) in [5.74, 6) is 0. The summed E-state index contributed by atoms with van der Waals surface area (Å²) in [4.78, 5) is 3.72. The molecule has 2 heterocycles. The lowest BCUT2D eigenvalue weighted by Crippen LogP contribution is -2.14. The first kappa shape index (κ1) is 17.4. The van der Waals surface area contributed by atoms with Crippen LogP contribution >= 0.6 is 0 Å². The number of rotatable bonds is 4. The third-order valence-electron chi connectivity index (χ3n) is 3.73. The molecule has 1 aromatic carbocycles. The van der Waals surface area contributed by atoms with Crippen molar-refractivity contribution in [3.63, 3.8) is 0 Å². The van der Waals surface area contributed by atoms with Crippen molar-refractivity contribution in [2.24, 2.45) is 5.73 Å². The SMILES string of the molecule is NCCc1cn(S(=O)(=O)c2cccc(C(F)(F)F)c2)c2cccnc12. The van der Waals surface area contributed by atoms with Gasteiger partial charge in [-0.1, -0.05) is 6.07 Å². The number of pyridine rings is 1. The highest BCUT2D eigenvalue weighted by Gasteiger charge is 2.32. The lowest BCUT2D eigenvalue weighted by Gasteiger charge is -2.11. The molecule has 25 heavy (non-hydrogen) atoms. The molecule has 132 valence electrons. The fourth-order valence-electron chi connectivity index (χ4n) is 2.58. The first-order chi connectivity index (χ1) is 11.7. The Labute approximate surface area is 142 Å². The minimum atomic E-state index is -4.63. The van der Waals surface area contributed by atoms with E-state index in [-0.39, 0.29) is 0 Å². The van der Waals surface area contributed by atoms with E-state index in [0.717, 1.165) is 22.2 Å². The van der Waals surface area contributed by atoms with Crippen LogP contribution < -0.4 is 5.73 Å². The fourth-order valence-corrected chi connectivity index (χ4v) is 4.00. The maximum atomic E-state index is 12.9. The van der Waals surface area contributed by atoms with Crippen molar-refractivity contribution in [2.75, 3.05) is 6.54 Å². The number of aromatic nitrogens is 2. The quantitative estimate of drug-likeness (QED) is 0.767. The van der Waals surface area contributed by atoms with Crippen molar-refractivity contribution in [3.8, 4) is 0 Å². The Morgan fingerprint density at radius 3 is 2.60 bits per heavy atom. The predicted molar refractivity (Wildman–Crippen MR) is 86.5 cm³/mol. The zero-order chi connectivity index (χ0) is 18.2. The van der Waals surface area contributed by atoms with E-state index in [1.54, 1.807) is 12.1 Å². The van der Waals surface area contributed by atoms with E-state index >= 15 is 0 Å². The van der Waals surface area contributed by atoms with E-state index < -0.39 is 26.7 Å². The second kappa shape index (κ2) is 6.16. The number of nitrogens with zero attached hydrogens (tertiary/aromatic N) is 2. The van der Waals surface area contributed by atoms with Crippen LogP contribution in [0.3, 0.4) is 0 Å². The molecule has 0 amide bonds. The van der Waals surface area contributed by atoms with Crippen molar-refractivity contribution >= 4 is 21.1 Å². The van der Waals surface area contributed by atoms with Crippen LogP contribution in [0.1, 0.15) is 11.1 Å². The standard InChI is InChI=1S/C16H14F3N3O2S/c17-16(18,19)12-3-1-4-13(9-12)25(23,24)22-10-11(6-7-20)15-14(22)5-2-8-21-15/h1-5,8-10H,6-7,20H2. The molecule has 0 fully saturated rings. The van der Waals surface area contributed by atoms with Crippen LogP contribution in [0.25, 0.3) is 11.0 Å². The van der Waals surface area contributed by atoms with Crippen LogP contribution in [-0.2, 0) is 22.6 Å². The van der Waals surface area contributed by atoms with Gasteiger partial charge in [0.1, 0.15) is 0 Å². The largest absolute Gasteiger partial charge is 0.416 e. The molecule has 9 heteroatoms. The first-order valence-corrected chi connectivity index (χ1v) is 8.77. The molecule has 3 aromatic rings. The van der Waals surface area contributed by atoms with Gasteiger partial charge >= 0.3 is 6.18 Å². The molecule has 0 saturated carbocycles. The number of hydrogen-bond donors (Lipinski definition) is 1. The highest BCUT2D eigenvalue weighted by molar-refractivity contribution is 7.90. The van der Waals surface area contributed by atoms with Crippen LogP contribution in [0.2, 0.25) is 0 Å². The zero-order valence-corrected chi connectivity index (χ0v) is 13.7. The van der Waals surface area contributed by atoms with Crippen LogP contribution in [-0.4, -0.2) is 23.9 Å². The Kier molecular flexibility index (Phi) is 4.29. The average Bonchev–Trinajstić information content (AvgIpc) is 2.94. The van der Waals surface area contributed by atoms with Gasteiger partial charge in [0.2, 0.25) is 0 Å². The minimum Gasteiger partial charge on any atom is -0.330 e. The van der Waals surface area contributed by atoms with E-state index in [1.807, 2.05) is 0 Å². The van der Waals surface area contributed by atoms with Gasteiger partial charge in [-0.05, 0) is 48.9 Å². The Bertz CT molecular complexity index is 1030. The Morgan fingerprint density at radius 1 is 1.16 bits per heavy atom. The second-order valence-electron chi connectivity index (χ2n) is 5.39. The molecule has 2 aromatic heterocycles. The molecule has 0 aliphatic carbocycles. The molecular weight excluding hydrogens is 355 g/mol. The number of benzene rings is 1. The molecule has 0 aliphatic heterocycles. The third-order valence-corrected chi connectivity index (χ3v) is 5.40. The van der Waals surface area contributed by atoms with Crippen LogP contribution in [0.5, 0.6) is 0 Å². The summed E-state index contributed by atoms with van der Waals surface area (Å²) in [5.41, 5.74) is 5.89. The molecule has 3 rings (SSSR count). The molecule has 0 aliphatic rings. The van der Waals surface area contributed by atoms with Crippen molar-refractivity contribution in [1.82, 2.24) is 8.96 Å². The first-order valence-electron chi connectivity index (χ1n) is 7.33. The second-order valence-corrected chi connectivity index (χ2v) is 7.21. The molecule has 0 unspecified atom stereocenters. The predicted octanol–water partition coefficient (Wildman–Crippen LogP) is 2.79. The number of alkyl halides is 3. The monoisotopic (exact) mass is 369 g/mol. The number of hydrogen-bond acceptors (Lipinski definition) is 4. The highest BCUT2D eigenvalue weighted by atomic mass is 32.2. The van der Waals surface area contributed by atoms with Gasteiger partial charge in [-0.3, -0.25) is 4.98 Å². The molecule has 0 atom stereocenters. The van der Waals surface area contributed by atoms with Gasteiger partial charge in [0.05, 0.1) is 21.5 Å². The highest BCUT2D eigenvalue weighted by Crippen LogP contribution is 2.32. The maximum absolute atomic E-state index is 12.9. The van der Waals surface area contributed by atoms with E-state index in [0.29, 0.717) is 35.6 Å². The summed E-state index contributed by atoms with van der Waals surface area (Å²) >= 11 is 0. The number of nitrogens with two attached hydrogens (primary N) is 1. The number of halogens is 3. The number of fused-ring (bicyclic) bond motifs is 1. The zero-order valence-electron chi connectivity index (χ0n) is 12.9. The van der Waals surface area contributed by atoms with E-state index in [9.17, 15) is 21.6 Å². The van der Waals surface area contributed by atoms with Crippen molar-refractivity contribution in [1.29, 1.82) is 0 Å². The average molecular weight is 369 g/mol. The minimum absolute atomic E-state index is 0.291. The molecule has 2 N–H and O–H groups in total. The van der Waals surface area contributed by atoms with Crippen molar-refractivity contribution in [3.05, 3.63) is 59.9 Å². The lowest BCUT2D eigenvalue weighted by molar-refractivity contribution is -0.137. The Hall–Kier alpha value is -2.39. The molecule has 0 saturated heterocycles. The van der Waals surface area contributed by atoms with E-state index in [1.165, 1.54) is 12.4 Å².